The predicted molar refractivity (Wildman–Crippen MR) is 134 cm³/mol. The van der Waals surface area contributed by atoms with Crippen molar-refractivity contribution in [3.8, 4) is 5.75 Å². The minimum Gasteiger partial charge on any atom is -0.497 e. The number of thiazole rings is 1. The molecule has 0 aliphatic carbocycles. The molecule has 0 spiro atoms. The van der Waals surface area contributed by atoms with Crippen molar-refractivity contribution < 1.29 is 18.7 Å². The molecule has 1 aromatic carbocycles. The fourth-order valence-corrected chi connectivity index (χ4v) is 5.58. The van der Waals surface area contributed by atoms with E-state index in [1.54, 1.807) is 31.6 Å². The summed E-state index contributed by atoms with van der Waals surface area (Å²) in [6.45, 7) is 5.72. The summed E-state index contributed by atoms with van der Waals surface area (Å²) in [5.41, 5.74) is 1.42. The van der Waals surface area contributed by atoms with Crippen molar-refractivity contribution >= 4 is 29.3 Å². The average molecular weight is 494 g/mol. The number of rotatable bonds is 6. The van der Waals surface area contributed by atoms with Crippen LogP contribution in [0.25, 0.3) is 6.08 Å². The maximum atomic E-state index is 13.7. The van der Waals surface area contributed by atoms with Crippen molar-refractivity contribution in [2.45, 2.75) is 32.7 Å². The van der Waals surface area contributed by atoms with Gasteiger partial charge in [-0.15, -0.1) is 0 Å². The standard InChI is InChI=1S/C26H27N3O5S/c1-4-33-25(31)22-16(2)27-26-29(23(22)17-7-9-18(32-3)10-8-17)24(30)20(35-26)15-19-11-12-21(34-19)28-13-5-6-14-28/h7-12,15,23H,4-6,13-14H2,1-3H3/t23-/m0/s1. The van der Waals surface area contributed by atoms with Crippen molar-refractivity contribution in [3.63, 3.8) is 0 Å². The number of allylic oxidation sites excluding steroid dienone is 1. The average Bonchev–Trinajstić information content (AvgIpc) is 3.60. The third kappa shape index (κ3) is 4.32. The molecule has 8 nitrogen and oxygen atoms in total. The first kappa shape index (κ1) is 23.2. The zero-order valence-corrected chi connectivity index (χ0v) is 20.8. The van der Waals surface area contributed by atoms with E-state index in [2.05, 4.69) is 9.89 Å². The molecule has 3 aromatic rings. The minimum atomic E-state index is -0.657. The first-order valence-corrected chi connectivity index (χ1v) is 12.5. The van der Waals surface area contributed by atoms with E-state index in [1.807, 2.05) is 36.4 Å². The predicted octanol–water partition coefficient (Wildman–Crippen LogP) is 3.00. The van der Waals surface area contributed by atoms with E-state index < -0.39 is 12.0 Å². The summed E-state index contributed by atoms with van der Waals surface area (Å²) in [5.74, 6) is 1.63. The zero-order chi connectivity index (χ0) is 24.5. The monoisotopic (exact) mass is 493 g/mol. The Labute approximate surface area is 206 Å². The van der Waals surface area contributed by atoms with Crippen molar-refractivity contribution in [1.82, 2.24) is 4.57 Å². The topological polar surface area (TPSA) is 86.3 Å². The van der Waals surface area contributed by atoms with Crippen LogP contribution < -0.4 is 24.5 Å². The Morgan fingerprint density at radius 2 is 1.94 bits per heavy atom. The maximum absolute atomic E-state index is 13.7. The number of methoxy groups -OCH3 is 1. The third-order valence-electron chi connectivity index (χ3n) is 6.25. The van der Waals surface area contributed by atoms with Gasteiger partial charge >= 0.3 is 5.97 Å². The van der Waals surface area contributed by atoms with Crippen molar-refractivity contribution in [2.75, 3.05) is 31.7 Å². The summed E-state index contributed by atoms with van der Waals surface area (Å²) in [6, 6.07) is 10.5. The lowest BCUT2D eigenvalue weighted by atomic mass is 9.96. The summed E-state index contributed by atoms with van der Waals surface area (Å²) < 4.78 is 18.7. The van der Waals surface area contributed by atoms with Crippen LogP contribution in [0.3, 0.4) is 0 Å². The fraction of sp³-hybridized carbons (Fsp3) is 0.346. The second-order valence-corrected chi connectivity index (χ2v) is 9.45. The van der Waals surface area contributed by atoms with Crippen LogP contribution in [0.5, 0.6) is 5.75 Å². The molecule has 5 rings (SSSR count). The summed E-state index contributed by atoms with van der Waals surface area (Å²) in [6.07, 6.45) is 4.06. The van der Waals surface area contributed by atoms with Crippen LogP contribution in [0.15, 0.2) is 61.9 Å². The smallest absolute Gasteiger partial charge is 0.338 e. The van der Waals surface area contributed by atoms with Gasteiger partial charge in [-0.3, -0.25) is 9.36 Å². The van der Waals surface area contributed by atoms with E-state index in [0.717, 1.165) is 37.4 Å². The van der Waals surface area contributed by atoms with Gasteiger partial charge < -0.3 is 18.8 Å². The highest BCUT2D eigenvalue weighted by Crippen LogP contribution is 2.31. The van der Waals surface area contributed by atoms with Gasteiger partial charge in [0.1, 0.15) is 11.5 Å². The van der Waals surface area contributed by atoms with Crippen LogP contribution in [-0.4, -0.2) is 37.3 Å². The Morgan fingerprint density at radius 3 is 2.63 bits per heavy atom. The molecule has 0 unspecified atom stereocenters. The van der Waals surface area contributed by atoms with E-state index >= 15 is 0 Å². The molecule has 9 heteroatoms. The highest BCUT2D eigenvalue weighted by molar-refractivity contribution is 7.07. The summed E-state index contributed by atoms with van der Waals surface area (Å²) in [4.78, 5) is 34.0. The van der Waals surface area contributed by atoms with Crippen molar-refractivity contribution in [3.05, 3.63) is 78.7 Å². The van der Waals surface area contributed by atoms with Gasteiger partial charge in [0, 0.05) is 25.2 Å². The van der Waals surface area contributed by atoms with Crippen LogP contribution in [0, 0.1) is 0 Å². The van der Waals surface area contributed by atoms with Crippen LogP contribution in [0.1, 0.15) is 44.1 Å². The Morgan fingerprint density at radius 1 is 1.20 bits per heavy atom. The van der Waals surface area contributed by atoms with Crippen molar-refractivity contribution in [1.29, 1.82) is 0 Å². The zero-order valence-electron chi connectivity index (χ0n) is 19.9. The Bertz CT molecular complexity index is 1460. The molecule has 1 atom stereocenters. The van der Waals surface area contributed by atoms with Crippen molar-refractivity contribution in [2.24, 2.45) is 4.99 Å². The summed E-state index contributed by atoms with van der Waals surface area (Å²) >= 11 is 1.28. The highest BCUT2D eigenvalue weighted by Gasteiger charge is 2.33. The second-order valence-electron chi connectivity index (χ2n) is 8.45. The van der Waals surface area contributed by atoms with Crippen LogP contribution in [0.2, 0.25) is 0 Å². The van der Waals surface area contributed by atoms with E-state index in [0.29, 0.717) is 32.1 Å². The number of furan rings is 1. The Balaban J connectivity index is 1.62. The van der Waals surface area contributed by atoms with Crippen LogP contribution in [-0.2, 0) is 9.53 Å². The molecule has 1 fully saturated rings. The third-order valence-corrected chi connectivity index (χ3v) is 7.24. The van der Waals surface area contributed by atoms with Gasteiger partial charge in [0.25, 0.3) is 5.56 Å². The van der Waals surface area contributed by atoms with Gasteiger partial charge in [-0.1, -0.05) is 23.5 Å². The summed E-state index contributed by atoms with van der Waals surface area (Å²) in [7, 11) is 1.59. The van der Waals surface area contributed by atoms with Crippen LogP contribution in [0.4, 0.5) is 5.88 Å². The number of hydrogen-bond donors (Lipinski definition) is 0. The lowest BCUT2D eigenvalue weighted by Crippen LogP contribution is -2.39. The number of ether oxygens (including phenoxy) is 2. The Hall–Kier alpha value is -3.59. The molecule has 4 heterocycles. The molecule has 35 heavy (non-hydrogen) atoms. The van der Waals surface area contributed by atoms with E-state index in [-0.39, 0.29) is 12.2 Å². The molecule has 0 amide bonds. The van der Waals surface area contributed by atoms with Gasteiger partial charge in [0.2, 0.25) is 0 Å². The molecule has 1 saturated heterocycles. The number of nitrogens with zero attached hydrogens (tertiary/aromatic N) is 3. The molecule has 182 valence electrons. The SMILES string of the molecule is CCOC(=O)C1=C(C)N=c2sc(=Cc3ccc(N4CCCC4)o3)c(=O)n2[C@H]1c1ccc(OC)cc1. The largest absolute Gasteiger partial charge is 0.497 e. The Kier molecular flexibility index (Phi) is 6.34. The molecule has 0 saturated carbocycles. The molecule has 2 aliphatic heterocycles. The number of carbonyl (C=O) groups is 1. The number of esters is 1. The number of aromatic nitrogens is 1. The lowest BCUT2D eigenvalue weighted by molar-refractivity contribution is -0.139. The van der Waals surface area contributed by atoms with E-state index in [9.17, 15) is 9.59 Å². The van der Waals surface area contributed by atoms with E-state index in [4.69, 9.17) is 13.9 Å². The molecule has 2 aliphatic rings. The molecular formula is C26H27N3O5S. The number of anilines is 1. The first-order chi connectivity index (χ1) is 17.0. The quantitative estimate of drug-likeness (QED) is 0.491. The molecule has 0 N–H and O–H groups in total. The summed E-state index contributed by atoms with van der Waals surface area (Å²) in [5, 5.41) is 0. The van der Waals surface area contributed by atoms with Gasteiger partial charge in [0.15, 0.2) is 10.7 Å². The number of hydrogen-bond acceptors (Lipinski definition) is 8. The van der Waals surface area contributed by atoms with Gasteiger partial charge in [-0.05, 0) is 50.5 Å². The maximum Gasteiger partial charge on any atom is 0.338 e. The van der Waals surface area contributed by atoms with Gasteiger partial charge in [0.05, 0.1) is 35.6 Å². The van der Waals surface area contributed by atoms with Gasteiger partial charge in [-0.2, -0.15) is 0 Å². The first-order valence-electron chi connectivity index (χ1n) is 11.7. The fourth-order valence-electron chi connectivity index (χ4n) is 4.55. The molecule has 2 aromatic heterocycles. The number of carbonyl (C=O) groups excluding carboxylic acids is 1. The van der Waals surface area contributed by atoms with Crippen LogP contribution >= 0.6 is 11.3 Å². The lowest BCUT2D eigenvalue weighted by Gasteiger charge is -2.24. The van der Waals surface area contributed by atoms with E-state index in [1.165, 1.54) is 11.3 Å². The second kappa shape index (κ2) is 9.58. The normalized spacial score (nSPS) is 18.0. The molecule has 0 bridgehead atoms. The highest BCUT2D eigenvalue weighted by atomic mass is 32.1. The number of benzene rings is 1. The minimum absolute atomic E-state index is 0.229. The van der Waals surface area contributed by atoms with Gasteiger partial charge in [-0.25, -0.2) is 9.79 Å². The molecular weight excluding hydrogens is 466 g/mol. The molecule has 0 radical (unpaired) electrons. The number of fused-ring (bicyclic) bond motifs is 1.